The highest BCUT2D eigenvalue weighted by molar-refractivity contribution is 4.93. The molecule has 1 rings (SSSR count). The zero-order valence-corrected chi connectivity index (χ0v) is 6.29. The maximum atomic E-state index is 8.50. The smallest absolute Gasteiger partial charge is 0.194 e. The van der Waals surface area contributed by atoms with Gasteiger partial charge in [0.15, 0.2) is 5.89 Å². The summed E-state index contributed by atoms with van der Waals surface area (Å²) in [7, 11) is 0. The number of hydrogen-bond acceptors (Lipinski definition) is 4. The molecule has 62 valence electrons. The Morgan fingerprint density at radius 2 is 2.45 bits per heavy atom. The Morgan fingerprint density at radius 1 is 1.64 bits per heavy atom. The van der Waals surface area contributed by atoms with Gasteiger partial charge in [-0.1, -0.05) is 0 Å². The molecule has 3 N–H and O–H groups in total. The lowest BCUT2D eigenvalue weighted by Gasteiger charge is -1.90. The molecule has 1 aromatic rings. The summed E-state index contributed by atoms with van der Waals surface area (Å²) in [5.41, 5.74) is 5.31. The second-order valence-corrected chi connectivity index (χ2v) is 2.25. The maximum Gasteiger partial charge on any atom is 0.194 e. The van der Waals surface area contributed by atoms with Crippen LogP contribution in [0.25, 0.3) is 0 Å². The molecule has 0 saturated carbocycles. The van der Waals surface area contributed by atoms with E-state index >= 15 is 0 Å². The molecule has 4 nitrogen and oxygen atoms in total. The second kappa shape index (κ2) is 4.10. The Bertz CT molecular complexity index is 210. The van der Waals surface area contributed by atoms with Crippen molar-refractivity contribution in [1.82, 2.24) is 4.98 Å². The monoisotopic (exact) mass is 156 g/mol. The van der Waals surface area contributed by atoms with E-state index in [0.29, 0.717) is 31.0 Å². The van der Waals surface area contributed by atoms with Crippen molar-refractivity contribution >= 4 is 0 Å². The van der Waals surface area contributed by atoms with E-state index in [-0.39, 0.29) is 6.61 Å². The molecule has 0 atom stereocenters. The number of aromatic nitrogens is 1. The quantitative estimate of drug-likeness (QED) is 0.646. The highest BCUT2D eigenvalue weighted by atomic mass is 16.4. The van der Waals surface area contributed by atoms with Gasteiger partial charge in [0.25, 0.3) is 0 Å². The van der Waals surface area contributed by atoms with Gasteiger partial charge in [0.05, 0.1) is 12.7 Å². The number of rotatable bonds is 4. The summed E-state index contributed by atoms with van der Waals surface area (Å²) in [5, 5.41) is 8.50. The summed E-state index contributed by atoms with van der Waals surface area (Å²) in [6, 6.07) is 0. The predicted molar refractivity (Wildman–Crippen MR) is 39.8 cm³/mol. The predicted octanol–water partition coefficient (Wildman–Crippen LogP) is 0.0582. The minimum absolute atomic E-state index is 0.167. The van der Waals surface area contributed by atoms with Crippen LogP contribution in [-0.4, -0.2) is 16.7 Å². The molecule has 1 aromatic heterocycles. The molecule has 0 amide bonds. The third-order valence-corrected chi connectivity index (χ3v) is 1.35. The summed E-state index contributed by atoms with van der Waals surface area (Å²) in [4.78, 5) is 3.97. The lowest BCUT2D eigenvalue weighted by atomic mass is 10.3. The molecule has 0 radical (unpaired) electrons. The number of nitrogens with zero attached hydrogens (tertiary/aromatic N) is 1. The average Bonchev–Trinajstić information content (AvgIpc) is 2.48. The number of oxazole rings is 1. The molecular weight excluding hydrogens is 144 g/mol. The van der Waals surface area contributed by atoms with Crippen molar-refractivity contribution in [3.8, 4) is 0 Å². The van der Waals surface area contributed by atoms with Crippen LogP contribution in [0.4, 0.5) is 0 Å². The molecule has 0 unspecified atom stereocenters. The first-order valence-corrected chi connectivity index (χ1v) is 3.61. The van der Waals surface area contributed by atoms with Crippen molar-refractivity contribution in [2.24, 2.45) is 5.73 Å². The molecule has 0 aliphatic rings. The number of hydrogen-bond donors (Lipinski definition) is 2. The topological polar surface area (TPSA) is 72.3 Å². The highest BCUT2D eigenvalue weighted by Crippen LogP contribution is 2.04. The van der Waals surface area contributed by atoms with E-state index in [9.17, 15) is 0 Å². The summed E-state index contributed by atoms with van der Waals surface area (Å²) in [6.45, 7) is 0.548. The third-order valence-electron chi connectivity index (χ3n) is 1.35. The van der Waals surface area contributed by atoms with E-state index in [1.807, 2.05) is 0 Å². The molecule has 0 bridgehead atoms. The van der Waals surface area contributed by atoms with Gasteiger partial charge in [0.1, 0.15) is 5.76 Å². The zero-order valence-electron chi connectivity index (χ0n) is 6.29. The molecule has 11 heavy (non-hydrogen) atoms. The number of aryl methyl sites for hydroxylation is 1. The van der Waals surface area contributed by atoms with Crippen molar-refractivity contribution in [3.63, 3.8) is 0 Å². The molecule has 4 heteroatoms. The molecule has 1 heterocycles. The normalized spacial score (nSPS) is 10.4. The van der Waals surface area contributed by atoms with Gasteiger partial charge in [-0.15, -0.1) is 0 Å². The van der Waals surface area contributed by atoms with Gasteiger partial charge in [-0.3, -0.25) is 0 Å². The molecule has 0 spiro atoms. The Hall–Kier alpha value is -0.870. The first kappa shape index (κ1) is 8.23. The number of nitrogens with two attached hydrogens (primary N) is 1. The Kier molecular flexibility index (Phi) is 3.07. The van der Waals surface area contributed by atoms with E-state index in [1.165, 1.54) is 0 Å². The van der Waals surface area contributed by atoms with E-state index in [1.54, 1.807) is 6.20 Å². The highest BCUT2D eigenvalue weighted by Gasteiger charge is 2.00. The van der Waals surface area contributed by atoms with Crippen LogP contribution >= 0.6 is 0 Å². The van der Waals surface area contributed by atoms with Gasteiger partial charge in [0.2, 0.25) is 0 Å². The van der Waals surface area contributed by atoms with Crippen LogP contribution in [0.1, 0.15) is 18.1 Å². The van der Waals surface area contributed by atoms with Gasteiger partial charge in [0, 0.05) is 13.0 Å². The first-order chi connectivity index (χ1) is 5.36. The van der Waals surface area contributed by atoms with Crippen molar-refractivity contribution in [2.75, 3.05) is 6.61 Å². The second-order valence-electron chi connectivity index (χ2n) is 2.25. The molecule has 0 saturated heterocycles. The fourth-order valence-corrected chi connectivity index (χ4v) is 0.788. The lowest BCUT2D eigenvalue weighted by molar-refractivity contribution is 0.282. The summed E-state index contributed by atoms with van der Waals surface area (Å²) in [5.74, 6) is 1.34. The van der Waals surface area contributed by atoms with E-state index in [2.05, 4.69) is 4.98 Å². The Labute approximate surface area is 65.0 Å². The van der Waals surface area contributed by atoms with Crippen molar-refractivity contribution in [3.05, 3.63) is 17.8 Å². The molecule has 0 aromatic carbocycles. The van der Waals surface area contributed by atoms with Crippen molar-refractivity contribution < 1.29 is 9.52 Å². The van der Waals surface area contributed by atoms with Crippen LogP contribution in [0.15, 0.2) is 10.6 Å². The fourth-order valence-electron chi connectivity index (χ4n) is 0.788. The maximum absolute atomic E-state index is 8.50. The molecular formula is C7H12N2O2. The van der Waals surface area contributed by atoms with Gasteiger partial charge >= 0.3 is 0 Å². The number of aliphatic hydroxyl groups excluding tert-OH is 1. The standard InChI is InChI=1S/C7H12N2O2/c8-4-6-5-9-7(11-6)2-1-3-10/h5,10H,1-4,8H2. The SMILES string of the molecule is NCc1cnc(CCCO)o1. The summed E-state index contributed by atoms with van der Waals surface area (Å²) < 4.78 is 5.19. The van der Waals surface area contributed by atoms with E-state index < -0.39 is 0 Å². The molecule has 0 fully saturated rings. The Balaban J connectivity index is 2.44. The van der Waals surface area contributed by atoms with Crippen LogP contribution in [0, 0.1) is 0 Å². The van der Waals surface area contributed by atoms with Crippen molar-refractivity contribution in [2.45, 2.75) is 19.4 Å². The molecule has 0 aliphatic heterocycles. The average molecular weight is 156 g/mol. The van der Waals surface area contributed by atoms with Gasteiger partial charge in [-0.25, -0.2) is 4.98 Å². The minimum Gasteiger partial charge on any atom is -0.444 e. The van der Waals surface area contributed by atoms with Crippen LogP contribution in [0.5, 0.6) is 0 Å². The van der Waals surface area contributed by atoms with E-state index in [0.717, 1.165) is 0 Å². The minimum atomic E-state index is 0.167. The first-order valence-electron chi connectivity index (χ1n) is 3.61. The lowest BCUT2D eigenvalue weighted by Crippen LogP contribution is -1.93. The van der Waals surface area contributed by atoms with Crippen LogP contribution in [0.3, 0.4) is 0 Å². The van der Waals surface area contributed by atoms with Crippen LogP contribution in [-0.2, 0) is 13.0 Å². The van der Waals surface area contributed by atoms with Gasteiger partial charge in [-0.2, -0.15) is 0 Å². The fraction of sp³-hybridized carbons (Fsp3) is 0.571. The largest absolute Gasteiger partial charge is 0.444 e. The summed E-state index contributed by atoms with van der Waals surface area (Å²) >= 11 is 0. The van der Waals surface area contributed by atoms with Gasteiger partial charge in [-0.05, 0) is 6.42 Å². The number of aliphatic hydroxyl groups is 1. The van der Waals surface area contributed by atoms with Gasteiger partial charge < -0.3 is 15.3 Å². The van der Waals surface area contributed by atoms with Crippen molar-refractivity contribution in [1.29, 1.82) is 0 Å². The molecule has 0 aliphatic carbocycles. The van der Waals surface area contributed by atoms with Crippen LogP contribution in [0.2, 0.25) is 0 Å². The van der Waals surface area contributed by atoms with Crippen LogP contribution < -0.4 is 5.73 Å². The van der Waals surface area contributed by atoms with E-state index in [4.69, 9.17) is 15.3 Å². The Morgan fingerprint density at radius 3 is 3.00 bits per heavy atom. The zero-order chi connectivity index (χ0) is 8.10. The summed E-state index contributed by atoms with van der Waals surface area (Å²) in [6.07, 6.45) is 2.98. The third kappa shape index (κ3) is 2.32.